The SMILES string of the molecule is CCCCCCNc1nc(NCCCCCCCCNc2nc(NCCCCCC)nc(Nc3cc(C(O)O)cc(C(O)O)c3)n2)nc(Nc2cc(C(=O)O)cc(C(=O)O)c2)n1. The second-order valence-corrected chi connectivity index (χ2v) is 14.9. The van der Waals surface area contributed by atoms with Crippen LogP contribution in [0.1, 0.15) is 148 Å². The van der Waals surface area contributed by atoms with E-state index >= 15 is 0 Å². The van der Waals surface area contributed by atoms with Crippen molar-refractivity contribution in [1.29, 1.82) is 0 Å². The molecule has 0 fully saturated rings. The van der Waals surface area contributed by atoms with Gasteiger partial charge in [0.05, 0.1) is 11.1 Å². The van der Waals surface area contributed by atoms with E-state index in [9.17, 15) is 40.2 Å². The summed E-state index contributed by atoms with van der Waals surface area (Å²) in [5, 5.41) is 76.9. The van der Waals surface area contributed by atoms with Gasteiger partial charge in [-0.1, -0.05) is 78.1 Å². The number of nitrogens with one attached hydrogen (secondary N) is 6. The van der Waals surface area contributed by atoms with Gasteiger partial charge in [0.25, 0.3) is 0 Å². The second-order valence-electron chi connectivity index (χ2n) is 14.9. The van der Waals surface area contributed by atoms with Crippen LogP contribution in [-0.4, -0.2) is 98.7 Å². The van der Waals surface area contributed by atoms with E-state index in [1.165, 1.54) is 30.3 Å². The largest absolute Gasteiger partial charge is 0.478 e. The minimum Gasteiger partial charge on any atom is -0.478 e. The van der Waals surface area contributed by atoms with Crippen LogP contribution in [0.25, 0.3) is 0 Å². The van der Waals surface area contributed by atoms with Crippen molar-refractivity contribution in [2.75, 3.05) is 58.1 Å². The third-order valence-corrected chi connectivity index (χ3v) is 9.58. The number of nitrogens with zero attached hydrogens (tertiary/aromatic N) is 6. The van der Waals surface area contributed by atoms with Crippen LogP contribution in [0.15, 0.2) is 36.4 Å². The molecule has 0 aliphatic heterocycles. The average Bonchev–Trinajstić information content (AvgIpc) is 3.23. The smallest absolute Gasteiger partial charge is 0.335 e. The summed E-state index contributed by atoms with van der Waals surface area (Å²) < 4.78 is 0. The lowest BCUT2D eigenvalue weighted by Crippen LogP contribution is -2.13. The Morgan fingerprint density at radius 1 is 0.435 bits per heavy atom. The molecule has 4 aromatic rings. The van der Waals surface area contributed by atoms with Crippen LogP contribution in [0.3, 0.4) is 0 Å². The third kappa shape index (κ3) is 17.6. The summed E-state index contributed by atoms with van der Waals surface area (Å²) >= 11 is 0. The summed E-state index contributed by atoms with van der Waals surface area (Å²) in [5.41, 5.74) is 0.330. The van der Waals surface area contributed by atoms with Crippen molar-refractivity contribution in [2.45, 2.75) is 116 Å². The number of carboxylic acid groups (broad SMARTS) is 2. The summed E-state index contributed by atoms with van der Waals surface area (Å²) in [4.78, 5) is 50.2. The minimum atomic E-state index is -1.82. The summed E-state index contributed by atoms with van der Waals surface area (Å²) in [5.74, 6) is -0.791. The number of benzene rings is 2. The number of unbranched alkanes of at least 4 members (excludes halogenated alkanes) is 11. The first-order chi connectivity index (χ1) is 29.9. The highest BCUT2D eigenvalue weighted by atomic mass is 16.5. The molecular weight excluding hydrogens is 801 g/mol. The number of aliphatic hydroxyl groups is 4. The molecule has 20 nitrogen and oxygen atoms in total. The van der Waals surface area contributed by atoms with Gasteiger partial charge >= 0.3 is 11.9 Å². The van der Waals surface area contributed by atoms with E-state index in [1.54, 1.807) is 0 Å². The second kappa shape index (κ2) is 26.4. The molecular formula is C42H62N12O8. The van der Waals surface area contributed by atoms with Crippen molar-refractivity contribution >= 4 is 59.0 Å². The van der Waals surface area contributed by atoms with Crippen LogP contribution in [0.4, 0.5) is 47.1 Å². The van der Waals surface area contributed by atoms with Crippen LogP contribution in [0.2, 0.25) is 0 Å². The Bertz CT molecular complexity index is 1950. The number of carboxylic acids is 2. The number of aromatic carboxylic acids is 2. The number of hydrogen-bond acceptors (Lipinski definition) is 18. The molecule has 0 bridgehead atoms. The monoisotopic (exact) mass is 862 g/mol. The lowest BCUT2D eigenvalue weighted by molar-refractivity contribution is -0.0474. The first-order valence-electron chi connectivity index (χ1n) is 21.4. The van der Waals surface area contributed by atoms with Gasteiger partial charge in [0.2, 0.25) is 35.7 Å². The Hall–Kier alpha value is -5.96. The molecule has 2 aromatic carbocycles. The molecule has 62 heavy (non-hydrogen) atoms. The molecule has 0 saturated carbocycles. The van der Waals surface area contributed by atoms with E-state index in [1.807, 2.05) is 0 Å². The molecule has 338 valence electrons. The van der Waals surface area contributed by atoms with E-state index in [2.05, 4.69) is 75.7 Å². The predicted molar refractivity (Wildman–Crippen MR) is 237 cm³/mol. The molecule has 0 amide bonds. The molecule has 0 spiro atoms. The van der Waals surface area contributed by atoms with Crippen molar-refractivity contribution in [3.05, 3.63) is 58.7 Å². The fraction of sp³-hybridized carbons (Fsp3) is 0.524. The van der Waals surface area contributed by atoms with Crippen LogP contribution in [0.5, 0.6) is 0 Å². The van der Waals surface area contributed by atoms with Crippen LogP contribution < -0.4 is 31.9 Å². The Morgan fingerprint density at radius 2 is 0.742 bits per heavy atom. The van der Waals surface area contributed by atoms with Gasteiger partial charge in [-0.3, -0.25) is 0 Å². The van der Waals surface area contributed by atoms with E-state index < -0.39 is 24.5 Å². The Balaban J connectivity index is 1.27. The standard InChI is InChI=1S/C42H62N12O8/c1-3-5-7-13-17-43-37-49-39(53-41(51-37)47-31-23-27(33(55)56)21-28(24-31)34(57)58)45-19-15-11-9-10-12-16-20-46-40-50-38(44-18-14-8-6-4-2)52-42(54-40)48-32-25-29(35(59)60)22-30(26-32)36(61)62/h21-26,33-34,55-58H,3-20H2,1-2H3,(H,59,60)(H,61,62)(H3,43,45,47,49,51,53)(H3,44,46,48,50,52,54). The maximum atomic E-state index is 11.6. The zero-order chi connectivity index (χ0) is 44.7. The van der Waals surface area contributed by atoms with E-state index in [-0.39, 0.29) is 39.8 Å². The third-order valence-electron chi connectivity index (χ3n) is 9.58. The average molecular weight is 863 g/mol. The normalized spacial score (nSPS) is 11.2. The first kappa shape index (κ1) is 48.7. The van der Waals surface area contributed by atoms with Crippen molar-refractivity contribution in [1.82, 2.24) is 29.9 Å². The number of aliphatic hydroxyl groups excluding tert-OH is 2. The van der Waals surface area contributed by atoms with E-state index in [4.69, 9.17) is 0 Å². The van der Waals surface area contributed by atoms with Crippen molar-refractivity contribution < 1.29 is 40.2 Å². The Kier molecular flexibility index (Phi) is 20.7. The molecule has 20 heteroatoms. The minimum absolute atomic E-state index is 0.0692. The number of rotatable bonds is 31. The molecule has 2 aromatic heterocycles. The highest BCUT2D eigenvalue weighted by Gasteiger charge is 2.15. The number of anilines is 8. The zero-order valence-corrected chi connectivity index (χ0v) is 35.5. The van der Waals surface area contributed by atoms with Gasteiger partial charge < -0.3 is 62.5 Å². The fourth-order valence-electron chi connectivity index (χ4n) is 6.29. The van der Waals surface area contributed by atoms with Crippen LogP contribution in [0, 0.1) is 0 Å². The highest BCUT2D eigenvalue weighted by Crippen LogP contribution is 2.26. The van der Waals surface area contributed by atoms with Gasteiger partial charge in [0.1, 0.15) is 0 Å². The fourth-order valence-corrected chi connectivity index (χ4v) is 6.29. The lowest BCUT2D eigenvalue weighted by atomic mass is 10.1. The van der Waals surface area contributed by atoms with Gasteiger partial charge in [-0.15, -0.1) is 0 Å². The molecule has 4 rings (SSSR count). The van der Waals surface area contributed by atoms with E-state index in [0.717, 1.165) is 96.0 Å². The lowest BCUT2D eigenvalue weighted by Gasteiger charge is -2.14. The van der Waals surface area contributed by atoms with Gasteiger partial charge in [0, 0.05) is 48.7 Å². The molecule has 0 radical (unpaired) electrons. The van der Waals surface area contributed by atoms with Crippen molar-refractivity contribution in [2.24, 2.45) is 0 Å². The van der Waals surface area contributed by atoms with E-state index in [0.29, 0.717) is 55.7 Å². The topological polar surface area (TPSA) is 305 Å². The number of hydrogen-bond donors (Lipinski definition) is 12. The van der Waals surface area contributed by atoms with Gasteiger partial charge in [-0.05, 0) is 62.1 Å². The molecule has 0 atom stereocenters. The molecule has 0 unspecified atom stereocenters. The van der Waals surface area contributed by atoms with Crippen LogP contribution in [-0.2, 0) is 0 Å². The maximum absolute atomic E-state index is 11.6. The van der Waals surface area contributed by atoms with Gasteiger partial charge in [-0.25, -0.2) is 9.59 Å². The summed E-state index contributed by atoms with van der Waals surface area (Å²) in [6.07, 6.45) is 10.6. The maximum Gasteiger partial charge on any atom is 0.335 e. The molecule has 2 heterocycles. The number of aromatic nitrogens is 6. The zero-order valence-electron chi connectivity index (χ0n) is 35.5. The Morgan fingerprint density at radius 3 is 1.06 bits per heavy atom. The van der Waals surface area contributed by atoms with Crippen molar-refractivity contribution in [3.8, 4) is 0 Å². The summed E-state index contributed by atoms with van der Waals surface area (Å²) in [7, 11) is 0. The number of carbonyl (C=O) groups is 2. The Labute approximate surface area is 361 Å². The molecule has 0 saturated heterocycles. The van der Waals surface area contributed by atoms with Crippen molar-refractivity contribution in [3.63, 3.8) is 0 Å². The summed E-state index contributed by atoms with van der Waals surface area (Å²) in [6, 6.07) is 7.94. The quantitative estimate of drug-likeness (QED) is 0.0184. The van der Waals surface area contributed by atoms with Gasteiger partial charge in [0.15, 0.2) is 12.6 Å². The molecule has 0 aliphatic rings. The highest BCUT2D eigenvalue weighted by molar-refractivity contribution is 5.95. The van der Waals surface area contributed by atoms with Crippen LogP contribution >= 0.6 is 0 Å². The molecule has 12 N–H and O–H groups in total. The first-order valence-corrected chi connectivity index (χ1v) is 21.4. The predicted octanol–water partition coefficient (Wildman–Crippen LogP) is 6.76. The summed E-state index contributed by atoms with van der Waals surface area (Å²) in [6.45, 7) is 6.86. The molecule has 0 aliphatic carbocycles. The van der Waals surface area contributed by atoms with Gasteiger partial charge in [-0.2, -0.15) is 29.9 Å².